The quantitative estimate of drug-likeness (QED) is 0.724. The normalized spacial score (nSPS) is 17.7. The lowest BCUT2D eigenvalue weighted by molar-refractivity contribution is 0.0935. The number of H-pyrrole nitrogens is 1. The minimum atomic E-state index is -0.157. The Hall–Kier alpha value is -3.55. The Labute approximate surface area is 161 Å². The van der Waals surface area contributed by atoms with E-state index in [1.165, 1.54) is 0 Å². The summed E-state index contributed by atoms with van der Waals surface area (Å²) in [6.45, 7) is 1.59. The first kappa shape index (κ1) is 16.6. The highest BCUT2D eigenvalue weighted by molar-refractivity contribution is 5.98. The van der Waals surface area contributed by atoms with Gasteiger partial charge in [0.2, 0.25) is 12.7 Å². The smallest absolute Gasteiger partial charge is 0.255 e. The van der Waals surface area contributed by atoms with Crippen molar-refractivity contribution in [3.63, 3.8) is 0 Å². The summed E-state index contributed by atoms with van der Waals surface area (Å²) >= 11 is 0. The molecule has 0 spiro atoms. The number of anilines is 1. The fourth-order valence-corrected chi connectivity index (χ4v) is 3.57. The van der Waals surface area contributed by atoms with Crippen LogP contribution in [0.5, 0.6) is 11.5 Å². The van der Waals surface area contributed by atoms with Crippen LogP contribution in [0.4, 0.5) is 5.95 Å². The molecule has 1 fully saturated rings. The average Bonchev–Trinajstić information content (AvgIpc) is 3.48. The molecule has 0 radical (unpaired) electrons. The maximum absolute atomic E-state index is 12.7. The lowest BCUT2D eigenvalue weighted by Crippen LogP contribution is -2.37. The number of para-hydroxylation sites is 1. The highest BCUT2D eigenvalue weighted by Gasteiger charge is 2.28. The maximum Gasteiger partial charge on any atom is 0.255 e. The van der Waals surface area contributed by atoms with Gasteiger partial charge in [-0.05, 0) is 36.8 Å². The molecule has 2 aliphatic rings. The van der Waals surface area contributed by atoms with Crippen LogP contribution in [0.3, 0.4) is 0 Å². The molecule has 0 bridgehead atoms. The van der Waals surface area contributed by atoms with E-state index >= 15 is 0 Å². The summed E-state index contributed by atoms with van der Waals surface area (Å²) in [5.41, 5.74) is 2.30. The molecule has 8 nitrogen and oxygen atoms in total. The fraction of sp³-hybridized carbons (Fsp3) is 0.250. The van der Waals surface area contributed by atoms with Crippen molar-refractivity contribution in [3.05, 3.63) is 54.4 Å². The SMILES string of the molecule is O=C(NC1CCN(c2nccc(-c3ccc[nH]3)n2)C1)c1cccc2c1OCO2. The molecule has 2 aliphatic heterocycles. The van der Waals surface area contributed by atoms with Crippen LogP contribution in [0, 0.1) is 0 Å². The molecule has 2 N–H and O–H groups in total. The van der Waals surface area contributed by atoms with Crippen LogP contribution in [0.2, 0.25) is 0 Å². The molecule has 28 heavy (non-hydrogen) atoms. The van der Waals surface area contributed by atoms with Crippen molar-refractivity contribution in [1.82, 2.24) is 20.3 Å². The van der Waals surface area contributed by atoms with E-state index in [1.54, 1.807) is 24.4 Å². The Morgan fingerprint density at radius 1 is 1.21 bits per heavy atom. The number of fused-ring (bicyclic) bond motifs is 1. The summed E-state index contributed by atoms with van der Waals surface area (Å²) < 4.78 is 10.8. The van der Waals surface area contributed by atoms with Crippen LogP contribution < -0.4 is 19.7 Å². The summed E-state index contributed by atoms with van der Waals surface area (Å²) in [6, 6.07) is 11.1. The second-order valence-electron chi connectivity index (χ2n) is 6.77. The van der Waals surface area contributed by atoms with Gasteiger partial charge >= 0.3 is 0 Å². The summed E-state index contributed by atoms with van der Waals surface area (Å²) in [6.07, 6.45) is 4.46. The highest BCUT2D eigenvalue weighted by atomic mass is 16.7. The van der Waals surface area contributed by atoms with E-state index in [-0.39, 0.29) is 18.7 Å². The zero-order valence-corrected chi connectivity index (χ0v) is 15.1. The van der Waals surface area contributed by atoms with E-state index in [9.17, 15) is 4.79 Å². The van der Waals surface area contributed by atoms with Crippen molar-refractivity contribution in [2.45, 2.75) is 12.5 Å². The Kier molecular flexibility index (Phi) is 4.08. The van der Waals surface area contributed by atoms with Crippen LogP contribution in [-0.4, -0.2) is 46.8 Å². The minimum Gasteiger partial charge on any atom is -0.454 e. The molecule has 1 saturated heterocycles. The van der Waals surface area contributed by atoms with Gasteiger partial charge in [0.15, 0.2) is 11.5 Å². The molecule has 0 aliphatic carbocycles. The number of rotatable bonds is 4. The first-order valence-electron chi connectivity index (χ1n) is 9.19. The standard InChI is InChI=1S/C20H19N5O3/c26-19(14-3-1-5-17-18(14)28-12-27-17)23-13-7-10-25(11-13)20-22-9-6-16(24-20)15-4-2-8-21-15/h1-6,8-9,13,21H,7,10-12H2,(H,23,26). The number of nitrogens with zero attached hydrogens (tertiary/aromatic N) is 3. The van der Waals surface area contributed by atoms with Crippen molar-refractivity contribution in [1.29, 1.82) is 0 Å². The topological polar surface area (TPSA) is 92.4 Å². The van der Waals surface area contributed by atoms with Gasteiger partial charge in [0.05, 0.1) is 17.0 Å². The molecule has 0 saturated carbocycles. The van der Waals surface area contributed by atoms with Gasteiger partial charge in [-0.15, -0.1) is 0 Å². The Morgan fingerprint density at radius 3 is 3.07 bits per heavy atom. The minimum absolute atomic E-state index is 0.0171. The third-order valence-electron chi connectivity index (χ3n) is 4.96. The Balaban J connectivity index is 1.27. The van der Waals surface area contributed by atoms with Crippen molar-refractivity contribution in [2.75, 3.05) is 24.8 Å². The zero-order chi connectivity index (χ0) is 18.9. The number of benzene rings is 1. The fourth-order valence-electron chi connectivity index (χ4n) is 3.57. The molecule has 8 heteroatoms. The van der Waals surface area contributed by atoms with Crippen molar-refractivity contribution < 1.29 is 14.3 Å². The number of nitrogens with one attached hydrogen (secondary N) is 2. The number of hydrogen-bond donors (Lipinski definition) is 2. The predicted octanol–water partition coefficient (Wildman–Crippen LogP) is 2.21. The van der Waals surface area contributed by atoms with Gasteiger partial charge in [0, 0.05) is 31.5 Å². The zero-order valence-electron chi connectivity index (χ0n) is 15.1. The van der Waals surface area contributed by atoms with E-state index in [0.717, 1.165) is 24.4 Å². The van der Waals surface area contributed by atoms with Gasteiger partial charge in [-0.2, -0.15) is 0 Å². The summed E-state index contributed by atoms with van der Waals surface area (Å²) in [4.78, 5) is 27.0. The van der Waals surface area contributed by atoms with Crippen molar-refractivity contribution in [2.24, 2.45) is 0 Å². The number of carbonyl (C=O) groups excluding carboxylic acids is 1. The van der Waals surface area contributed by atoms with Gasteiger partial charge in [-0.3, -0.25) is 4.79 Å². The van der Waals surface area contributed by atoms with Gasteiger partial charge in [-0.25, -0.2) is 9.97 Å². The average molecular weight is 377 g/mol. The number of aromatic nitrogens is 3. The monoisotopic (exact) mass is 377 g/mol. The molecule has 5 rings (SSSR count). The van der Waals surface area contributed by atoms with Crippen molar-refractivity contribution >= 4 is 11.9 Å². The van der Waals surface area contributed by atoms with Crippen LogP contribution in [-0.2, 0) is 0 Å². The van der Waals surface area contributed by atoms with Gasteiger partial charge < -0.3 is 24.7 Å². The van der Waals surface area contributed by atoms with E-state index in [1.807, 2.05) is 24.4 Å². The second kappa shape index (κ2) is 6.88. The highest BCUT2D eigenvalue weighted by Crippen LogP contribution is 2.35. The molecule has 3 aromatic rings. The lowest BCUT2D eigenvalue weighted by atomic mass is 10.1. The van der Waals surface area contributed by atoms with Gasteiger partial charge in [0.25, 0.3) is 5.91 Å². The van der Waals surface area contributed by atoms with E-state index in [2.05, 4.69) is 25.2 Å². The first-order valence-corrected chi connectivity index (χ1v) is 9.19. The Bertz CT molecular complexity index is 1000. The molecular formula is C20H19N5O3. The molecule has 4 heterocycles. The number of amides is 1. The van der Waals surface area contributed by atoms with Crippen LogP contribution in [0.1, 0.15) is 16.8 Å². The third kappa shape index (κ3) is 3.02. The second-order valence-corrected chi connectivity index (χ2v) is 6.77. The molecule has 2 aromatic heterocycles. The summed E-state index contributed by atoms with van der Waals surface area (Å²) in [7, 11) is 0. The molecular weight excluding hydrogens is 358 g/mol. The van der Waals surface area contributed by atoms with Crippen LogP contribution in [0.15, 0.2) is 48.8 Å². The summed E-state index contributed by atoms with van der Waals surface area (Å²) in [5.74, 6) is 1.63. The number of aromatic amines is 1. The molecule has 142 valence electrons. The van der Waals surface area contributed by atoms with E-state index < -0.39 is 0 Å². The van der Waals surface area contributed by atoms with Crippen LogP contribution in [0.25, 0.3) is 11.4 Å². The molecule has 1 atom stereocenters. The lowest BCUT2D eigenvalue weighted by Gasteiger charge is -2.17. The van der Waals surface area contributed by atoms with Gasteiger partial charge in [-0.1, -0.05) is 6.07 Å². The number of hydrogen-bond acceptors (Lipinski definition) is 6. The third-order valence-corrected chi connectivity index (χ3v) is 4.96. The number of ether oxygens (including phenoxy) is 2. The Morgan fingerprint density at radius 2 is 2.18 bits per heavy atom. The molecule has 1 aromatic carbocycles. The summed E-state index contributed by atoms with van der Waals surface area (Å²) in [5, 5.41) is 3.09. The largest absolute Gasteiger partial charge is 0.454 e. The van der Waals surface area contributed by atoms with E-state index in [4.69, 9.17) is 9.47 Å². The van der Waals surface area contributed by atoms with Gasteiger partial charge in [0.1, 0.15) is 0 Å². The first-order chi connectivity index (χ1) is 13.8. The molecule has 1 unspecified atom stereocenters. The number of carbonyl (C=O) groups is 1. The predicted molar refractivity (Wildman–Crippen MR) is 102 cm³/mol. The van der Waals surface area contributed by atoms with Crippen LogP contribution >= 0.6 is 0 Å². The maximum atomic E-state index is 12.7. The van der Waals surface area contributed by atoms with Crippen molar-refractivity contribution in [3.8, 4) is 22.9 Å². The molecule has 1 amide bonds. The van der Waals surface area contributed by atoms with E-state index in [0.29, 0.717) is 29.6 Å².